The summed E-state index contributed by atoms with van der Waals surface area (Å²) in [5.41, 5.74) is 0. The van der Waals surface area contributed by atoms with Crippen molar-refractivity contribution in [1.29, 1.82) is 0 Å². The first kappa shape index (κ1) is 16.7. The molecular weight excluding hydrogens is 282 g/mol. The van der Waals surface area contributed by atoms with Gasteiger partial charge in [0.2, 0.25) is 5.91 Å². The van der Waals surface area contributed by atoms with Gasteiger partial charge in [0.25, 0.3) is 0 Å². The molecule has 3 amide bonds. The molecule has 1 aliphatic heterocycles. The van der Waals surface area contributed by atoms with Gasteiger partial charge in [-0.2, -0.15) is 0 Å². The van der Waals surface area contributed by atoms with E-state index in [1.54, 1.807) is 7.05 Å². The van der Waals surface area contributed by atoms with Crippen LogP contribution in [0.5, 0.6) is 0 Å². The van der Waals surface area contributed by atoms with Crippen LogP contribution in [-0.4, -0.2) is 65.2 Å². The average molecular weight is 301 g/mol. The summed E-state index contributed by atoms with van der Waals surface area (Å²) >= 11 is 0. The van der Waals surface area contributed by atoms with Crippen LogP contribution in [0.2, 0.25) is 0 Å². The molecule has 0 unspecified atom stereocenters. The molecule has 1 atom stereocenters. The quantitative estimate of drug-likeness (QED) is 0.518. The number of urea groups is 1. The Balaban J connectivity index is 2.51. The second-order valence-electron chi connectivity index (χ2n) is 4.81. The number of piperidine rings is 1. The third-order valence-electron chi connectivity index (χ3n) is 3.37. The molecule has 1 heterocycles. The lowest BCUT2D eigenvalue weighted by Crippen LogP contribution is -2.51. The van der Waals surface area contributed by atoms with Crippen LogP contribution in [0.3, 0.4) is 0 Å². The number of carbonyl (C=O) groups is 4. The zero-order valence-electron chi connectivity index (χ0n) is 11.7. The molecule has 118 valence electrons. The van der Waals surface area contributed by atoms with Crippen molar-refractivity contribution >= 4 is 23.9 Å². The van der Waals surface area contributed by atoms with Gasteiger partial charge in [-0.15, -0.1) is 0 Å². The van der Waals surface area contributed by atoms with Gasteiger partial charge in [0.05, 0.1) is 6.42 Å². The number of carbonyl (C=O) groups excluding carboxylic acids is 2. The molecule has 1 fully saturated rings. The number of carboxylic acid groups (broad SMARTS) is 2. The second-order valence-corrected chi connectivity index (χ2v) is 4.81. The highest BCUT2D eigenvalue weighted by Gasteiger charge is 2.29. The van der Waals surface area contributed by atoms with E-state index in [0.717, 1.165) is 0 Å². The number of hydrogen-bond donors (Lipinski definition) is 4. The molecule has 0 saturated carbocycles. The van der Waals surface area contributed by atoms with Crippen molar-refractivity contribution in [3.63, 3.8) is 0 Å². The van der Waals surface area contributed by atoms with Gasteiger partial charge in [-0.25, -0.2) is 9.59 Å². The van der Waals surface area contributed by atoms with Gasteiger partial charge in [0, 0.05) is 26.1 Å². The molecule has 1 aliphatic rings. The van der Waals surface area contributed by atoms with Crippen molar-refractivity contribution in [1.82, 2.24) is 15.5 Å². The molecule has 0 aromatic heterocycles. The smallest absolute Gasteiger partial charge is 0.326 e. The fourth-order valence-corrected chi connectivity index (χ4v) is 2.16. The molecule has 1 saturated heterocycles. The van der Waals surface area contributed by atoms with Crippen molar-refractivity contribution in [2.75, 3.05) is 20.1 Å². The lowest BCUT2D eigenvalue weighted by molar-refractivity contribution is -0.145. The number of carboxylic acids is 2. The molecule has 0 radical (unpaired) electrons. The minimum atomic E-state index is -1.47. The lowest BCUT2D eigenvalue weighted by Gasteiger charge is -2.31. The fourth-order valence-electron chi connectivity index (χ4n) is 2.16. The van der Waals surface area contributed by atoms with Gasteiger partial charge in [-0.1, -0.05) is 0 Å². The van der Waals surface area contributed by atoms with E-state index in [9.17, 15) is 19.2 Å². The molecule has 9 nitrogen and oxygen atoms in total. The highest BCUT2D eigenvalue weighted by molar-refractivity contribution is 5.86. The van der Waals surface area contributed by atoms with Gasteiger partial charge >= 0.3 is 18.0 Å². The number of likely N-dealkylation sites (tertiary alicyclic amines) is 1. The van der Waals surface area contributed by atoms with Crippen LogP contribution in [0.4, 0.5) is 4.79 Å². The maximum absolute atomic E-state index is 11.9. The fraction of sp³-hybridized carbons (Fsp3) is 0.667. The zero-order valence-corrected chi connectivity index (χ0v) is 11.7. The Kier molecular flexibility index (Phi) is 5.94. The predicted molar refractivity (Wildman–Crippen MR) is 70.6 cm³/mol. The number of nitrogens with one attached hydrogen (secondary N) is 2. The summed E-state index contributed by atoms with van der Waals surface area (Å²) in [7, 11) is 1.55. The Morgan fingerprint density at radius 2 is 1.76 bits per heavy atom. The van der Waals surface area contributed by atoms with Crippen molar-refractivity contribution < 1.29 is 29.4 Å². The molecule has 0 spiro atoms. The van der Waals surface area contributed by atoms with Gasteiger partial charge in [-0.3, -0.25) is 9.59 Å². The first-order valence-corrected chi connectivity index (χ1v) is 6.56. The van der Waals surface area contributed by atoms with Crippen LogP contribution < -0.4 is 10.6 Å². The minimum absolute atomic E-state index is 0.0793. The van der Waals surface area contributed by atoms with E-state index in [2.05, 4.69) is 10.6 Å². The molecule has 9 heteroatoms. The van der Waals surface area contributed by atoms with Crippen molar-refractivity contribution in [2.45, 2.75) is 25.3 Å². The van der Waals surface area contributed by atoms with E-state index in [1.807, 2.05) is 0 Å². The normalized spacial score (nSPS) is 16.9. The largest absolute Gasteiger partial charge is 0.481 e. The van der Waals surface area contributed by atoms with E-state index >= 15 is 0 Å². The van der Waals surface area contributed by atoms with Crippen LogP contribution in [0, 0.1) is 5.92 Å². The number of aliphatic carboxylic acids is 2. The number of amides is 3. The van der Waals surface area contributed by atoms with Gasteiger partial charge < -0.3 is 25.7 Å². The van der Waals surface area contributed by atoms with Crippen LogP contribution in [-0.2, 0) is 14.4 Å². The van der Waals surface area contributed by atoms with E-state index in [4.69, 9.17) is 10.2 Å². The lowest BCUT2D eigenvalue weighted by atomic mass is 9.96. The molecular formula is C12H19N3O6. The molecule has 0 bridgehead atoms. The maximum Gasteiger partial charge on any atom is 0.326 e. The van der Waals surface area contributed by atoms with Crippen LogP contribution in [0.25, 0.3) is 0 Å². The summed E-state index contributed by atoms with van der Waals surface area (Å²) in [6, 6.07) is -2.09. The Bertz CT molecular complexity index is 431. The van der Waals surface area contributed by atoms with Crippen LogP contribution in [0.1, 0.15) is 19.3 Å². The third-order valence-corrected chi connectivity index (χ3v) is 3.37. The maximum atomic E-state index is 11.9. The molecule has 21 heavy (non-hydrogen) atoms. The van der Waals surface area contributed by atoms with Gasteiger partial charge in [0.1, 0.15) is 6.04 Å². The summed E-state index contributed by atoms with van der Waals surface area (Å²) in [6.07, 6.45) is 0.295. The van der Waals surface area contributed by atoms with E-state index < -0.39 is 30.4 Å². The Morgan fingerprint density at radius 1 is 1.19 bits per heavy atom. The van der Waals surface area contributed by atoms with Crippen LogP contribution in [0.15, 0.2) is 0 Å². The number of rotatable bonds is 5. The van der Waals surface area contributed by atoms with Gasteiger partial charge in [0.15, 0.2) is 0 Å². The minimum Gasteiger partial charge on any atom is -0.481 e. The van der Waals surface area contributed by atoms with Crippen LogP contribution >= 0.6 is 0 Å². The summed E-state index contributed by atoms with van der Waals surface area (Å²) in [4.78, 5) is 46.2. The average Bonchev–Trinajstić information content (AvgIpc) is 2.45. The Hall–Kier alpha value is -2.32. The molecule has 0 aromatic carbocycles. The highest BCUT2D eigenvalue weighted by Crippen LogP contribution is 2.17. The van der Waals surface area contributed by atoms with Crippen molar-refractivity contribution in [3.05, 3.63) is 0 Å². The Morgan fingerprint density at radius 3 is 2.19 bits per heavy atom. The second kappa shape index (κ2) is 7.46. The SMILES string of the molecule is CNC(=O)C1CCN(C(=O)N[C@@H](CC(=O)O)C(=O)O)CC1. The molecule has 1 rings (SSSR count). The predicted octanol–water partition coefficient (Wildman–Crippen LogP) is -0.918. The first-order valence-electron chi connectivity index (χ1n) is 6.56. The van der Waals surface area contributed by atoms with Crippen molar-refractivity contribution in [3.8, 4) is 0 Å². The zero-order chi connectivity index (χ0) is 16.0. The number of hydrogen-bond acceptors (Lipinski definition) is 4. The summed E-state index contributed by atoms with van der Waals surface area (Å²) < 4.78 is 0. The Labute approximate surface area is 121 Å². The highest BCUT2D eigenvalue weighted by atomic mass is 16.4. The topological polar surface area (TPSA) is 136 Å². The number of nitrogens with zero attached hydrogens (tertiary/aromatic N) is 1. The van der Waals surface area contributed by atoms with E-state index in [-0.39, 0.29) is 11.8 Å². The summed E-state index contributed by atoms with van der Waals surface area (Å²) in [5, 5.41) is 22.2. The molecule has 0 aromatic rings. The summed E-state index contributed by atoms with van der Waals surface area (Å²) in [5.74, 6) is -2.94. The molecule has 0 aliphatic carbocycles. The third kappa shape index (κ3) is 4.93. The monoisotopic (exact) mass is 301 g/mol. The van der Waals surface area contributed by atoms with E-state index in [0.29, 0.717) is 25.9 Å². The summed E-state index contributed by atoms with van der Waals surface area (Å²) in [6.45, 7) is 0.645. The standard InChI is InChI=1S/C12H19N3O6/c1-13-10(18)7-2-4-15(5-3-7)12(21)14-8(11(19)20)6-9(16)17/h7-8H,2-6H2,1H3,(H,13,18)(H,14,21)(H,16,17)(H,19,20)/t8-/m0/s1. The first-order chi connectivity index (χ1) is 9.85. The van der Waals surface area contributed by atoms with Crippen molar-refractivity contribution in [2.24, 2.45) is 5.92 Å². The van der Waals surface area contributed by atoms with Gasteiger partial charge in [-0.05, 0) is 12.8 Å². The van der Waals surface area contributed by atoms with E-state index in [1.165, 1.54) is 4.90 Å². The molecule has 4 N–H and O–H groups in total.